The summed E-state index contributed by atoms with van der Waals surface area (Å²) in [5.41, 5.74) is 6.30. The van der Waals surface area contributed by atoms with E-state index in [1.807, 2.05) is 13.8 Å². The van der Waals surface area contributed by atoms with Crippen LogP contribution in [0.15, 0.2) is 0 Å². The summed E-state index contributed by atoms with van der Waals surface area (Å²) in [5, 5.41) is 17.9. The highest BCUT2D eigenvalue weighted by Gasteiger charge is 2.24. The normalized spacial score (nSPS) is 12.8. The lowest BCUT2D eigenvalue weighted by Crippen LogP contribution is -2.34. The van der Waals surface area contributed by atoms with Crippen LogP contribution >= 0.6 is 0 Å². The summed E-state index contributed by atoms with van der Waals surface area (Å²) in [6, 6.07) is -0.0511. The lowest BCUT2D eigenvalue weighted by Gasteiger charge is -2.16. The van der Waals surface area contributed by atoms with Gasteiger partial charge in [0.1, 0.15) is 5.69 Å². The predicted molar refractivity (Wildman–Crippen MR) is 65.9 cm³/mol. The smallest absolute Gasteiger partial charge is 0.333 e. The number of rotatable bonds is 5. The van der Waals surface area contributed by atoms with Gasteiger partial charge < -0.3 is 11.1 Å². The first-order valence-corrected chi connectivity index (χ1v) is 5.52. The Labute approximate surface area is 100 Å². The summed E-state index contributed by atoms with van der Waals surface area (Å²) in [6.07, 6.45) is 0. The van der Waals surface area contributed by atoms with Crippen LogP contribution in [0.4, 0.5) is 11.5 Å². The molecule has 0 saturated heterocycles. The lowest BCUT2D eigenvalue weighted by molar-refractivity contribution is -0.384. The van der Waals surface area contributed by atoms with Crippen molar-refractivity contribution < 1.29 is 4.92 Å². The molecule has 0 spiro atoms. The Bertz CT molecular complexity index is 413. The van der Waals surface area contributed by atoms with Crippen molar-refractivity contribution in [2.45, 2.75) is 26.8 Å². The minimum atomic E-state index is -0.425. The lowest BCUT2D eigenvalue weighted by atomic mass is 10.1. The number of nitrogens with zero attached hydrogens (tertiary/aromatic N) is 3. The SMILES string of the molecule is Cc1nn(C)c(NCC(N)C(C)C)c1[N+](=O)[O-]. The second-order valence-corrected chi connectivity index (χ2v) is 4.45. The van der Waals surface area contributed by atoms with Gasteiger partial charge in [-0.05, 0) is 12.8 Å². The number of hydrogen-bond acceptors (Lipinski definition) is 5. The fourth-order valence-electron chi connectivity index (χ4n) is 1.51. The van der Waals surface area contributed by atoms with Crippen LogP contribution in [0.2, 0.25) is 0 Å². The Balaban J connectivity index is 2.87. The summed E-state index contributed by atoms with van der Waals surface area (Å²) in [7, 11) is 1.67. The van der Waals surface area contributed by atoms with Gasteiger partial charge in [-0.2, -0.15) is 5.10 Å². The average Bonchev–Trinajstić information content (AvgIpc) is 2.49. The first kappa shape index (κ1) is 13.4. The minimum Gasteiger partial charge on any atom is -0.363 e. The molecule has 96 valence electrons. The number of aryl methyl sites for hydroxylation is 2. The highest BCUT2D eigenvalue weighted by Crippen LogP contribution is 2.27. The number of nitrogens with one attached hydrogen (secondary N) is 1. The van der Waals surface area contributed by atoms with Crippen molar-refractivity contribution in [2.24, 2.45) is 18.7 Å². The van der Waals surface area contributed by atoms with Crippen LogP contribution in [-0.2, 0) is 7.05 Å². The largest absolute Gasteiger partial charge is 0.363 e. The predicted octanol–water partition coefficient (Wildman–Crippen LogP) is 1.03. The second kappa shape index (κ2) is 5.13. The van der Waals surface area contributed by atoms with Gasteiger partial charge in [0, 0.05) is 19.6 Å². The van der Waals surface area contributed by atoms with Crippen molar-refractivity contribution in [2.75, 3.05) is 11.9 Å². The summed E-state index contributed by atoms with van der Waals surface area (Å²) in [5.74, 6) is 0.722. The summed E-state index contributed by atoms with van der Waals surface area (Å²) in [6.45, 7) is 6.12. The van der Waals surface area contributed by atoms with E-state index in [0.717, 1.165) is 0 Å². The molecule has 1 aromatic heterocycles. The minimum absolute atomic E-state index is 0.0171. The molecule has 0 bridgehead atoms. The van der Waals surface area contributed by atoms with Crippen molar-refractivity contribution in [3.63, 3.8) is 0 Å². The maximum Gasteiger partial charge on any atom is 0.333 e. The van der Waals surface area contributed by atoms with Crippen molar-refractivity contribution in [3.05, 3.63) is 15.8 Å². The van der Waals surface area contributed by atoms with E-state index in [9.17, 15) is 10.1 Å². The molecule has 0 aliphatic heterocycles. The van der Waals surface area contributed by atoms with E-state index in [-0.39, 0.29) is 11.7 Å². The topological polar surface area (TPSA) is 99.0 Å². The van der Waals surface area contributed by atoms with E-state index >= 15 is 0 Å². The quantitative estimate of drug-likeness (QED) is 0.592. The molecular formula is C10H19N5O2. The third-order valence-corrected chi connectivity index (χ3v) is 2.73. The molecule has 0 aliphatic rings. The van der Waals surface area contributed by atoms with E-state index in [4.69, 9.17) is 5.73 Å². The van der Waals surface area contributed by atoms with Crippen molar-refractivity contribution in [1.29, 1.82) is 0 Å². The molecule has 1 aromatic rings. The van der Waals surface area contributed by atoms with E-state index in [2.05, 4.69) is 10.4 Å². The molecular weight excluding hydrogens is 222 g/mol. The molecule has 1 unspecified atom stereocenters. The van der Waals surface area contributed by atoms with Crippen LogP contribution in [-0.4, -0.2) is 27.3 Å². The Hall–Kier alpha value is -1.63. The van der Waals surface area contributed by atoms with Gasteiger partial charge in [-0.1, -0.05) is 13.8 Å². The number of aromatic nitrogens is 2. The van der Waals surface area contributed by atoms with Crippen LogP contribution in [0, 0.1) is 23.0 Å². The molecule has 7 nitrogen and oxygen atoms in total. The molecule has 0 amide bonds. The summed E-state index contributed by atoms with van der Waals surface area (Å²) < 4.78 is 1.47. The van der Waals surface area contributed by atoms with Crippen LogP contribution in [0.25, 0.3) is 0 Å². The molecule has 3 N–H and O–H groups in total. The van der Waals surface area contributed by atoms with Gasteiger partial charge in [-0.3, -0.25) is 10.1 Å². The van der Waals surface area contributed by atoms with E-state index in [1.54, 1.807) is 14.0 Å². The Morgan fingerprint density at radius 1 is 1.59 bits per heavy atom. The van der Waals surface area contributed by atoms with Crippen LogP contribution < -0.4 is 11.1 Å². The molecule has 1 atom stereocenters. The Morgan fingerprint density at radius 3 is 2.65 bits per heavy atom. The van der Waals surface area contributed by atoms with Gasteiger partial charge in [-0.15, -0.1) is 0 Å². The zero-order valence-corrected chi connectivity index (χ0v) is 10.6. The number of nitrogens with two attached hydrogens (primary N) is 1. The number of hydrogen-bond donors (Lipinski definition) is 2. The van der Waals surface area contributed by atoms with E-state index in [0.29, 0.717) is 24.0 Å². The van der Waals surface area contributed by atoms with Crippen molar-refractivity contribution in [1.82, 2.24) is 9.78 Å². The van der Waals surface area contributed by atoms with Crippen LogP contribution in [0.3, 0.4) is 0 Å². The van der Waals surface area contributed by atoms with Gasteiger partial charge in [-0.25, -0.2) is 4.68 Å². The summed E-state index contributed by atoms with van der Waals surface area (Å²) >= 11 is 0. The van der Waals surface area contributed by atoms with Crippen molar-refractivity contribution >= 4 is 11.5 Å². The fraction of sp³-hybridized carbons (Fsp3) is 0.700. The average molecular weight is 241 g/mol. The monoisotopic (exact) mass is 241 g/mol. The molecule has 0 saturated carbocycles. The molecule has 1 heterocycles. The molecule has 17 heavy (non-hydrogen) atoms. The molecule has 0 fully saturated rings. The number of nitro groups is 1. The second-order valence-electron chi connectivity index (χ2n) is 4.45. The van der Waals surface area contributed by atoms with Gasteiger partial charge in [0.15, 0.2) is 0 Å². The molecule has 0 aliphatic carbocycles. The maximum atomic E-state index is 10.9. The molecule has 0 radical (unpaired) electrons. The molecule has 1 rings (SSSR count). The molecule has 0 aromatic carbocycles. The van der Waals surface area contributed by atoms with Gasteiger partial charge >= 0.3 is 5.69 Å². The third kappa shape index (κ3) is 2.94. The Morgan fingerprint density at radius 2 is 2.18 bits per heavy atom. The number of anilines is 1. The van der Waals surface area contributed by atoms with Crippen molar-refractivity contribution in [3.8, 4) is 0 Å². The van der Waals surface area contributed by atoms with E-state index in [1.165, 1.54) is 4.68 Å². The zero-order valence-electron chi connectivity index (χ0n) is 10.6. The van der Waals surface area contributed by atoms with Gasteiger partial charge in [0.05, 0.1) is 4.92 Å². The van der Waals surface area contributed by atoms with E-state index < -0.39 is 4.92 Å². The summed E-state index contributed by atoms with van der Waals surface area (Å²) in [4.78, 5) is 10.5. The molecule has 7 heteroatoms. The van der Waals surface area contributed by atoms with Gasteiger partial charge in [0.2, 0.25) is 5.82 Å². The first-order chi connectivity index (χ1) is 7.84. The zero-order chi connectivity index (χ0) is 13.2. The standard InChI is InChI=1S/C10H19N5O2/c1-6(2)8(11)5-12-10-9(15(16)17)7(3)13-14(10)4/h6,8,12H,5,11H2,1-4H3. The highest BCUT2D eigenvalue weighted by molar-refractivity contribution is 5.59. The maximum absolute atomic E-state index is 10.9. The van der Waals surface area contributed by atoms with Crippen LogP contribution in [0.5, 0.6) is 0 Å². The third-order valence-electron chi connectivity index (χ3n) is 2.73. The van der Waals surface area contributed by atoms with Gasteiger partial charge in [0.25, 0.3) is 0 Å². The highest BCUT2D eigenvalue weighted by atomic mass is 16.6. The van der Waals surface area contributed by atoms with Crippen LogP contribution in [0.1, 0.15) is 19.5 Å². The fourth-order valence-corrected chi connectivity index (χ4v) is 1.51. The first-order valence-electron chi connectivity index (χ1n) is 5.52. The Kier molecular flexibility index (Phi) is 4.06.